The smallest absolute Gasteiger partial charge is 0.358 e. The van der Waals surface area contributed by atoms with Crippen LogP contribution in [0.3, 0.4) is 0 Å². The molecule has 0 saturated heterocycles. The minimum absolute atomic E-state index is 0.171. The first-order chi connectivity index (χ1) is 9.40. The van der Waals surface area contributed by atoms with E-state index in [4.69, 9.17) is 5.11 Å². The van der Waals surface area contributed by atoms with Crippen molar-refractivity contribution in [2.24, 2.45) is 5.92 Å². The van der Waals surface area contributed by atoms with E-state index in [1.54, 1.807) is 0 Å². The number of carbonyl (C=O) groups is 1. The number of carboxylic acids is 1. The summed E-state index contributed by atoms with van der Waals surface area (Å²) in [5.41, 5.74) is 0.119. The van der Waals surface area contributed by atoms with Crippen LogP contribution in [-0.2, 0) is 6.54 Å². The third-order valence-corrected chi connectivity index (χ3v) is 2.67. The molecule has 0 spiro atoms. The molecule has 1 aromatic carbocycles. The van der Waals surface area contributed by atoms with Gasteiger partial charge in [-0.2, -0.15) is 0 Å². The molecule has 0 aliphatic rings. The van der Waals surface area contributed by atoms with Crippen molar-refractivity contribution in [2.45, 2.75) is 20.4 Å². The third-order valence-electron chi connectivity index (χ3n) is 2.67. The van der Waals surface area contributed by atoms with Gasteiger partial charge in [0, 0.05) is 12.1 Å². The van der Waals surface area contributed by atoms with E-state index in [-0.39, 0.29) is 22.9 Å². The van der Waals surface area contributed by atoms with Crippen molar-refractivity contribution in [3.63, 3.8) is 0 Å². The lowest BCUT2D eigenvalue weighted by Crippen LogP contribution is -2.09. The maximum absolute atomic E-state index is 13.3. The third kappa shape index (κ3) is 2.66. The van der Waals surface area contributed by atoms with E-state index < -0.39 is 17.6 Å². The van der Waals surface area contributed by atoms with Crippen molar-refractivity contribution < 1.29 is 18.7 Å². The summed E-state index contributed by atoms with van der Waals surface area (Å²) >= 11 is 0. The Kier molecular flexibility index (Phi) is 3.78. The molecule has 0 unspecified atom stereocenters. The highest BCUT2D eigenvalue weighted by atomic mass is 19.2. The second-order valence-corrected chi connectivity index (χ2v) is 4.80. The summed E-state index contributed by atoms with van der Waals surface area (Å²) in [7, 11) is 0. The zero-order chi connectivity index (χ0) is 14.9. The Labute approximate surface area is 113 Å². The Hall–Kier alpha value is -2.31. The molecule has 5 nitrogen and oxygen atoms in total. The highest BCUT2D eigenvalue weighted by Gasteiger charge is 2.21. The van der Waals surface area contributed by atoms with Crippen LogP contribution in [0.5, 0.6) is 0 Å². The fourth-order valence-electron chi connectivity index (χ4n) is 1.86. The molecule has 0 atom stereocenters. The van der Waals surface area contributed by atoms with Crippen LogP contribution in [0.1, 0.15) is 24.3 Å². The molecule has 0 fully saturated rings. The molecule has 0 radical (unpaired) electrons. The summed E-state index contributed by atoms with van der Waals surface area (Å²) in [4.78, 5) is 11.2. The molecule has 7 heteroatoms. The summed E-state index contributed by atoms with van der Waals surface area (Å²) in [6, 6.07) is 3.20. The fourth-order valence-corrected chi connectivity index (χ4v) is 1.86. The molecular formula is C13H13F2N3O2. The first kappa shape index (κ1) is 14.1. The summed E-state index contributed by atoms with van der Waals surface area (Å²) in [5, 5.41) is 16.5. The number of nitrogens with zero attached hydrogens (tertiary/aromatic N) is 3. The molecule has 0 aliphatic heterocycles. The highest BCUT2D eigenvalue weighted by Crippen LogP contribution is 2.25. The first-order valence-electron chi connectivity index (χ1n) is 6.02. The number of hydrogen-bond acceptors (Lipinski definition) is 3. The van der Waals surface area contributed by atoms with Crippen molar-refractivity contribution in [3.05, 3.63) is 35.5 Å². The molecule has 0 saturated carbocycles. The molecule has 2 aromatic rings. The fraction of sp³-hybridized carbons (Fsp3) is 0.308. The predicted octanol–water partition coefficient (Wildman–Crippen LogP) is 2.58. The largest absolute Gasteiger partial charge is 0.476 e. The maximum atomic E-state index is 13.3. The molecule has 2 rings (SSSR count). The normalized spacial score (nSPS) is 11.1. The molecule has 1 N–H and O–H groups in total. The van der Waals surface area contributed by atoms with Gasteiger partial charge in [-0.25, -0.2) is 18.3 Å². The van der Waals surface area contributed by atoms with Crippen LogP contribution in [0, 0.1) is 17.6 Å². The number of carboxylic acid groups (broad SMARTS) is 1. The van der Waals surface area contributed by atoms with Gasteiger partial charge >= 0.3 is 5.97 Å². The van der Waals surface area contributed by atoms with E-state index in [9.17, 15) is 13.6 Å². The Morgan fingerprint density at radius 2 is 2.05 bits per heavy atom. The molecule has 106 valence electrons. The van der Waals surface area contributed by atoms with Gasteiger partial charge in [-0.3, -0.25) is 0 Å². The molecule has 0 bridgehead atoms. The van der Waals surface area contributed by atoms with Gasteiger partial charge in [0.25, 0.3) is 0 Å². The van der Waals surface area contributed by atoms with Crippen LogP contribution in [-0.4, -0.2) is 26.1 Å². The lowest BCUT2D eigenvalue weighted by Gasteiger charge is -2.09. The monoisotopic (exact) mass is 281 g/mol. The summed E-state index contributed by atoms with van der Waals surface area (Å²) in [5.74, 6) is -3.10. The summed E-state index contributed by atoms with van der Waals surface area (Å²) in [6.07, 6.45) is 0. The van der Waals surface area contributed by atoms with Crippen molar-refractivity contribution in [2.75, 3.05) is 0 Å². The van der Waals surface area contributed by atoms with E-state index in [1.165, 1.54) is 10.7 Å². The van der Waals surface area contributed by atoms with Gasteiger partial charge in [-0.1, -0.05) is 19.1 Å². The SMILES string of the molecule is CC(C)Cn1nnc(C(=O)O)c1-c1ccc(F)c(F)c1. The van der Waals surface area contributed by atoms with Gasteiger partial charge in [-0.15, -0.1) is 5.10 Å². The topological polar surface area (TPSA) is 68.0 Å². The van der Waals surface area contributed by atoms with Crippen LogP contribution in [0.15, 0.2) is 18.2 Å². The number of hydrogen-bond donors (Lipinski definition) is 1. The minimum atomic E-state index is -1.26. The van der Waals surface area contributed by atoms with E-state index in [1.807, 2.05) is 13.8 Å². The lowest BCUT2D eigenvalue weighted by atomic mass is 10.1. The van der Waals surface area contributed by atoms with Crippen LogP contribution in [0.25, 0.3) is 11.3 Å². The molecule has 20 heavy (non-hydrogen) atoms. The number of aromatic carboxylic acids is 1. The number of rotatable bonds is 4. The summed E-state index contributed by atoms with van der Waals surface area (Å²) in [6.45, 7) is 4.28. The van der Waals surface area contributed by atoms with E-state index in [2.05, 4.69) is 10.3 Å². The number of aromatic nitrogens is 3. The standard InChI is InChI=1S/C13H13F2N3O2/c1-7(2)6-18-12(11(13(19)20)16-17-18)8-3-4-9(14)10(15)5-8/h3-5,7H,6H2,1-2H3,(H,19,20). The van der Waals surface area contributed by atoms with E-state index in [0.29, 0.717) is 6.54 Å². The van der Waals surface area contributed by atoms with Crippen LogP contribution < -0.4 is 0 Å². The highest BCUT2D eigenvalue weighted by molar-refractivity contribution is 5.92. The predicted molar refractivity (Wildman–Crippen MR) is 67.2 cm³/mol. The van der Waals surface area contributed by atoms with Gasteiger partial charge in [0.2, 0.25) is 0 Å². The second-order valence-electron chi connectivity index (χ2n) is 4.80. The van der Waals surface area contributed by atoms with Gasteiger partial charge in [-0.05, 0) is 24.1 Å². The molecule has 0 aliphatic carbocycles. The Balaban J connectivity index is 2.59. The Bertz CT molecular complexity index is 653. The van der Waals surface area contributed by atoms with Crippen molar-refractivity contribution in [1.29, 1.82) is 0 Å². The van der Waals surface area contributed by atoms with Crippen molar-refractivity contribution in [1.82, 2.24) is 15.0 Å². The average molecular weight is 281 g/mol. The molecular weight excluding hydrogens is 268 g/mol. The first-order valence-corrected chi connectivity index (χ1v) is 6.02. The molecule has 1 heterocycles. The van der Waals surface area contributed by atoms with E-state index >= 15 is 0 Å². The van der Waals surface area contributed by atoms with Crippen LogP contribution >= 0.6 is 0 Å². The quantitative estimate of drug-likeness (QED) is 0.935. The van der Waals surface area contributed by atoms with Crippen molar-refractivity contribution in [3.8, 4) is 11.3 Å². The zero-order valence-corrected chi connectivity index (χ0v) is 11.0. The van der Waals surface area contributed by atoms with Crippen molar-refractivity contribution >= 4 is 5.97 Å². The second kappa shape index (κ2) is 5.36. The Morgan fingerprint density at radius 3 is 2.60 bits per heavy atom. The molecule has 0 amide bonds. The Morgan fingerprint density at radius 1 is 1.35 bits per heavy atom. The average Bonchev–Trinajstić information content (AvgIpc) is 2.75. The van der Waals surface area contributed by atoms with Gasteiger partial charge in [0.15, 0.2) is 17.3 Å². The minimum Gasteiger partial charge on any atom is -0.476 e. The van der Waals surface area contributed by atoms with Crippen LogP contribution in [0.2, 0.25) is 0 Å². The lowest BCUT2D eigenvalue weighted by molar-refractivity contribution is 0.0691. The van der Waals surface area contributed by atoms with Gasteiger partial charge in [0.05, 0.1) is 0 Å². The number of benzene rings is 1. The number of halogens is 2. The molecule has 1 aromatic heterocycles. The van der Waals surface area contributed by atoms with E-state index in [0.717, 1.165) is 12.1 Å². The van der Waals surface area contributed by atoms with Gasteiger partial charge < -0.3 is 5.11 Å². The van der Waals surface area contributed by atoms with Gasteiger partial charge in [0.1, 0.15) is 5.69 Å². The van der Waals surface area contributed by atoms with Crippen LogP contribution in [0.4, 0.5) is 8.78 Å². The maximum Gasteiger partial charge on any atom is 0.358 e. The summed E-state index contributed by atoms with van der Waals surface area (Å²) < 4.78 is 27.7. The zero-order valence-electron chi connectivity index (χ0n) is 11.0.